The van der Waals surface area contributed by atoms with Gasteiger partial charge in [0.05, 0.1) is 12.7 Å². The highest BCUT2D eigenvalue weighted by atomic mass is 16.8. The average Bonchev–Trinajstić information content (AvgIpc) is 3.24. The summed E-state index contributed by atoms with van der Waals surface area (Å²) in [6.45, 7) is 2.73. The van der Waals surface area contributed by atoms with Gasteiger partial charge in [0.25, 0.3) is 0 Å². The van der Waals surface area contributed by atoms with Gasteiger partial charge in [0.2, 0.25) is 0 Å². The lowest BCUT2D eigenvalue weighted by Crippen LogP contribution is -2.43. The molecule has 5 nitrogen and oxygen atoms in total. The first-order chi connectivity index (χ1) is 11.7. The molecule has 5 rings (SSSR count). The molecule has 136 valence electrons. The Bertz CT molecular complexity index is 468. The molecule has 5 atom stereocenters. The van der Waals surface area contributed by atoms with Gasteiger partial charge in [-0.1, -0.05) is 12.8 Å². The first-order valence-corrected chi connectivity index (χ1v) is 10.0. The van der Waals surface area contributed by atoms with E-state index >= 15 is 0 Å². The lowest BCUT2D eigenvalue weighted by atomic mass is 9.94. The Kier molecular flexibility index (Phi) is 3.95. The Labute approximate surface area is 144 Å². The van der Waals surface area contributed by atoms with E-state index in [0.717, 1.165) is 25.7 Å². The van der Waals surface area contributed by atoms with Crippen LogP contribution in [-0.4, -0.2) is 48.7 Å². The smallest absolute Gasteiger partial charge is 0.169 e. The number of ether oxygens (including phenoxy) is 5. The van der Waals surface area contributed by atoms with Crippen molar-refractivity contribution in [3.8, 4) is 0 Å². The minimum atomic E-state index is -0.355. The van der Waals surface area contributed by atoms with Crippen LogP contribution in [0.15, 0.2) is 0 Å². The summed E-state index contributed by atoms with van der Waals surface area (Å²) >= 11 is 0. The van der Waals surface area contributed by atoms with Crippen LogP contribution in [0.4, 0.5) is 0 Å². The molecule has 2 spiro atoms. The van der Waals surface area contributed by atoms with Crippen LogP contribution < -0.4 is 0 Å². The number of fused-ring (bicyclic) bond motifs is 1. The molecule has 3 heterocycles. The lowest BCUT2D eigenvalue weighted by molar-refractivity contribution is -0.237. The number of hydrogen-bond donors (Lipinski definition) is 0. The summed E-state index contributed by atoms with van der Waals surface area (Å²) in [5, 5.41) is 0. The van der Waals surface area contributed by atoms with E-state index in [1.807, 2.05) is 0 Å². The van der Waals surface area contributed by atoms with E-state index in [2.05, 4.69) is 6.92 Å². The van der Waals surface area contributed by atoms with Crippen LogP contribution in [0.3, 0.4) is 0 Å². The fraction of sp³-hybridized carbons (Fsp3) is 1.00. The Hall–Kier alpha value is -0.200. The van der Waals surface area contributed by atoms with E-state index in [9.17, 15) is 0 Å². The molecule has 0 bridgehead atoms. The standard InChI is InChI=1S/C19H30O5/c1-13-15-17(24-19(23-15)10-6-3-7-11-19)16(21-13)14-12-20-18(22-14)8-4-2-5-9-18/h13-17H,2-12H2,1H3/t13?,14?,15-,16-,17-/m1/s1. The molecule has 24 heavy (non-hydrogen) atoms. The third-order valence-electron chi connectivity index (χ3n) is 6.66. The van der Waals surface area contributed by atoms with Gasteiger partial charge in [-0.3, -0.25) is 0 Å². The summed E-state index contributed by atoms with van der Waals surface area (Å²) in [4.78, 5) is 0. The third kappa shape index (κ3) is 2.55. The van der Waals surface area contributed by atoms with Crippen LogP contribution in [0.25, 0.3) is 0 Å². The number of rotatable bonds is 1. The molecule has 2 aliphatic carbocycles. The van der Waals surface area contributed by atoms with E-state index in [1.54, 1.807) is 0 Å². The Morgan fingerprint density at radius 2 is 1.29 bits per heavy atom. The van der Waals surface area contributed by atoms with E-state index in [-0.39, 0.29) is 42.1 Å². The van der Waals surface area contributed by atoms with Gasteiger partial charge in [-0.25, -0.2) is 0 Å². The first kappa shape index (κ1) is 16.0. The Morgan fingerprint density at radius 3 is 2.00 bits per heavy atom. The molecule has 0 amide bonds. The maximum absolute atomic E-state index is 6.50. The van der Waals surface area contributed by atoms with Gasteiger partial charge in [-0.15, -0.1) is 0 Å². The molecule has 0 aromatic rings. The lowest BCUT2D eigenvalue weighted by Gasteiger charge is -2.35. The SMILES string of the molecule is CC1O[C@H](C2COC3(CCCCC3)O2)[C@@H]2OC3(CCCCC3)O[C@H]12. The monoisotopic (exact) mass is 338 g/mol. The third-order valence-corrected chi connectivity index (χ3v) is 6.66. The van der Waals surface area contributed by atoms with Crippen LogP contribution in [0.2, 0.25) is 0 Å². The van der Waals surface area contributed by atoms with Crippen LogP contribution in [-0.2, 0) is 23.7 Å². The second kappa shape index (κ2) is 5.92. The van der Waals surface area contributed by atoms with Gasteiger partial charge in [-0.2, -0.15) is 0 Å². The van der Waals surface area contributed by atoms with E-state index in [4.69, 9.17) is 23.7 Å². The molecule has 2 unspecified atom stereocenters. The van der Waals surface area contributed by atoms with Crippen LogP contribution in [0, 0.1) is 0 Å². The van der Waals surface area contributed by atoms with E-state index in [0.29, 0.717) is 6.61 Å². The maximum Gasteiger partial charge on any atom is 0.169 e. The van der Waals surface area contributed by atoms with Crippen molar-refractivity contribution in [3.05, 3.63) is 0 Å². The summed E-state index contributed by atoms with van der Waals surface area (Å²) in [5.74, 6) is -0.707. The summed E-state index contributed by atoms with van der Waals surface area (Å²) in [7, 11) is 0. The summed E-state index contributed by atoms with van der Waals surface area (Å²) in [6.07, 6.45) is 11.5. The molecule has 3 aliphatic heterocycles. The molecule has 0 radical (unpaired) electrons. The molecular weight excluding hydrogens is 308 g/mol. The molecule has 2 saturated carbocycles. The van der Waals surface area contributed by atoms with E-state index < -0.39 is 0 Å². The quantitative estimate of drug-likeness (QED) is 0.734. The van der Waals surface area contributed by atoms with Gasteiger partial charge in [0.1, 0.15) is 24.4 Å². The largest absolute Gasteiger partial charge is 0.367 e. The summed E-state index contributed by atoms with van der Waals surface area (Å²) < 4.78 is 31.7. The van der Waals surface area contributed by atoms with Crippen LogP contribution in [0.5, 0.6) is 0 Å². The molecule has 5 aliphatic rings. The maximum atomic E-state index is 6.50. The fourth-order valence-electron chi connectivity index (χ4n) is 5.40. The van der Waals surface area contributed by atoms with Crippen molar-refractivity contribution in [1.82, 2.24) is 0 Å². The van der Waals surface area contributed by atoms with Gasteiger partial charge in [0.15, 0.2) is 11.6 Å². The molecule has 0 N–H and O–H groups in total. The molecule has 5 heteroatoms. The molecule has 0 aromatic carbocycles. The average molecular weight is 338 g/mol. The highest BCUT2D eigenvalue weighted by Gasteiger charge is 2.60. The van der Waals surface area contributed by atoms with Crippen molar-refractivity contribution in [2.45, 2.75) is 113 Å². The van der Waals surface area contributed by atoms with Crippen molar-refractivity contribution < 1.29 is 23.7 Å². The molecule has 3 saturated heterocycles. The zero-order valence-electron chi connectivity index (χ0n) is 14.7. The van der Waals surface area contributed by atoms with E-state index in [1.165, 1.54) is 38.5 Å². The predicted octanol–water partition coefficient (Wildman–Crippen LogP) is 3.29. The van der Waals surface area contributed by atoms with Gasteiger partial charge < -0.3 is 23.7 Å². The molecular formula is C19H30O5. The van der Waals surface area contributed by atoms with Crippen LogP contribution >= 0.6 is 0 Å². The van der Waals surface area contributed by atoms with Gasteiger partial charge in [0, 0.05) is 25.7 Å². The van der Waals surface area contributed by atoms with Gasteiger partial charge in [-0.05, 0) is 32.6 Å². The Balaban J connectivity index is 1.30. The molecule has 5 fully saturated rings. The highest BCUT2D eigenvalue weighted by Crippen LogP contribution is 2.48. The zero-order valence-corrected chi connectivity index (χ0v) is 14.7. The Morgan fingerprint density at radius 1 is 0.667 bits per heavy atom. The topological polar surface area (TPSA) is 46.2 Å². The molecule has 0 aromatic heterocycles. The summed E-state index contributed by atoms with van der Waals surface area (Å²) in [5.41, 5.74) is 0. The predicted molar refractivity (Wildman–Crippen MR) is 86.5 cm³/mol. The fourth-order valence-corrected chi connectivity index (χ4v) is 5.40. The van der Waals surface area contributed by atoms with Crippen molar-refractivity contribution in [1.29, 1.82) is 0 Å². The first-order valence-electron chi connectivity index (χ1n) is 10.0. The highest BCUT2D eigenvalue weighted by molar-refractivity contribution is 5.03. The zero-order chi connectivity index (χ0) is 16.2. The minimum absolute atomic E-state index is 0.00885. The van der Waals surface area contributed by atoms with Crippen molar-refractivity contribution in [2.24, 2.45) is 0 Å². The van der Waals surface area contributed by atoms with Crippen molar-refractivity contribution >= 4 is 0 Å². The second-order valence-electron chi connectivity index (χ2n) is 8.38. The second-order valence-corrected chi connectivity index (χ2v) is 8.38. The number of hydrogen-bond acceptors (Lipinski definition) is 5. The van der Waals surface area contributed by atoms with Gasteiger partial charge >= 0.3 is 0 Å². The normalized spacial score (nSPS) is 46.6. The van der Waals surface area contributed by atoms with Crippen molar-refractivity contribution in [2.75, 3.05) is 6.61 Å². The minimum Gasteiger partial charge on any atom is -0.367 e. The van der Waals surface area contributed by atoms with Crippen molar-refractivity contribution in [3.63, 3.8) is 0 Å². The van der Waals surface area contributed by atoms with Crippen LogP contribution in [0.1, 0.15) is 71.1 Å². The summed E-state index contributed by atoms with van der Waals surface area (Å²) in [6, 6.07) is 0.